The number of benzene rings is 1. The van der Waals surface area contributed by atoms with Crippen molar-refractivity contribution in [2.75, 3.05) is 6.54 Å². The van der Waals surface area contributed by atoms with E-state index in [-0.39, 0.29) is 5.41 Å². The molecule has 1 saturated carbocycles. The standard InChI is InChI=1S/C17H19NO2/c18-11-17(6-2-1-3-7-17)15-13-5-9-19-14(13)10-12-4-8-20-16(12)15/h4-5,8-10H,1-3,6-7,11,18H2. The summed E-state index contributed by atoms with van der Waals surface area (Å²) in [5, 5.41) is 2.28. The summed E-state index contributed by atoms with van der Waals surface area (Å²) in [4.78, 5) is 0. The summed E-state index contributed by atoms with van der Waals surface area (Å²) in [6.45, 7) is 0.674. The Bertz CT molecular complexity index is 698. The first-order valence-electron chi connectivity index (χ1n) is 7.42. The highest BCUT2D eigenvalue weighted by molar-refractivity contribution is 5.98. The van der Waals surface area contributed by atoms with Gasteiger partial charge in [0.2, 0.25) is 0 Å². The van der Waals surface area contributed by atoms with Crippen LogP contribution in [0.15, 0.2) is 39.6 Å². The average molecular weight is 269 g/mol. The first-order valence-corrected chi connectivity index (χ1v) is 7.42. The van der Waals surface area contributed by atoms with E-state index in [1.165, 1.54) is 30.2 Å². The molecule has 1 aliphatic rings. The zero-order chi connectivity index (χ0) is 13.6. The molecular formula is C17H19NO2. The highest BCUT2D eigenvalue weighted by Gasteiger charge is 2.36. The maximum atomic E-state index is 6.22. The minimum Gasteiger partial charge on any atom is -0.464 e. The Morgan fingerprint density at radius 3 is 2.65 bits per heavy atom. The number of nitrogens with two attached hydrogens (primary N) is 1. The third kappa shape index (κ3) is 1.56. The van der Waals surface area contributed by atoms with Crippen LogP contribution in [0.2, 0.25) is 0 Å². The van der Waals surface area contributed by atoms with Crippen LogP contribution in [0, 0.1) is 0 Å². The van der Waals surface area contributed by atoms with Gasteiger partial charge in [-0.25, -0.2) is 0 Å². The Balaban J connectivity index is 2.07. The topological polar surface area (TPSA) is 52.3 Å². The second-order valence-electron chi connectivity index (χ2n) is 5.97. The number of hydrogen-bond donors (Lipinski definition) is 1. The lowest BCUT2D eigenvalue weighted by molar-refractivity contribution is 0.302. The quantitative estimate of drug-likeness (QED) is 0.753. The number of fused-ring (bicyclic) bond motifs is 2. The molecule has 20 heavy (non-hydrogen) atoms. The molecule has 0 radical (unpaired) electrons. The van der Waals surface area contributed by atoms with Crippen LogP contribution in [0.1, 0.15) is 37.7 Å². The third-order valence-electron chi connectivity index (χ3n) is 4.91. The monoisotopic (exact) mass is 269 g/mol. The maximum absolute atomic E-state index is 6.22. The summed E-state index contributed by atoms with van der Waals surface area (Å²) in [7, 11) is 0. The molecule has 4 rings (SSSR count). The van der Waals surface area contributed by atoms with Crippen molar-refractivity contribution >= 4 is 21.9 Å². The Morgan fingerprint density at radius 1 is 1.05 bits per heavy atom. The molecule has 0 aliphatic heterocycles. The van der Waals surface area contributed by atoms with Crippen LogP contribution < -0.4 is 5.73 Å². The van der Waals surface area contributed by atoms with Crippen molar-refractivity contribution in [2.24, 2.45) is 5.73 Å². The van der Waals surface area contributed by atoms with E-state index in [1.807, 2.05) is 6.07 Å². The average Bonchev–Trinajstić information content (AvgIpc) is 3.13. The van der Waals surface area contributed by atoms with Gasteiger partial charge in [-0.15, -0.1) is 0 Å². The van der Waals surface area contributed by atoms with Gasteiger partial charge in [0, 0.05) is 28.3 Å². The van der Waals surface area contributed by atoms with Gasteiger partial charge in [-0.3, -0.25) is 0 Å². The molecule has 2 heterocycles. The van der Waals surface area contributed by atoms with Gasteiger partial charge in [0.15, 0.2) is 0 Å². The summed E-state index contributed by atoms with van der Waals surface area (Å²) in [5.41, 5.74) is 9.46. The van der Waals surface area contributed by atoms with E-state index >= 15 is 0 Å². The zero-order valence-corrected chi connectivity index (χ0v) is 11.5. The zero-order valence-electron chi connectivity index (χ0n) is 11.5. The molecule has 1 fully saturated rings. The minimum absolute atomic E-state index is 0.0394. The Labute approximate surface area is 117 Å². The van der Waals surface area contributed by atoms with Gasteiger partial charge in [-0.2, -0.15) is 0 Å². The molecule has 0 spiro atoms. The van der Waals surface area contributed by atoms with Gasteiger partial charge < -0.3 is 14.6 Å². The van der Waals surface area contributed by atoms with Crippen molar-refractivity contribution in [3.8, 4) is 0 Å². The number of rotatable bonds is 2. The highest BCUT2D eigenvalue weighted by atomic mass is 16.3. The molecule has 3 aromatic rings. The van der Waals surface area contributed by atoms with Crippen molar-refractivity contribution in [2.45, 2.75) is 37.5 Å². The molecular weight excluding hydrogens is 250 g/mol. The van der Waals surface area contributed by atoms with E-state index in [0.717, 1.165) is 29.4 Å². The molecule has 3 heteroatoms. The fraction of sp³-hybridized carbons (Fsp3) is 0.412. The highest BCUT2D eigenvalue weighted by Crippen LogP contribution is 2.45. The molecule has 3 nitrogen and oxygen atoms in total. The van der Waals surface area contributed by atoms with Crippen LogP contribution >= 0.6 is 0 Å². The molecule has 1 aromatic carbocycles. The summed E-state index contributed by atoms with van der Waals surface area (Å²) < 4.78 is 11.4. The number of hydrogen-bond acceptors (Lipinski definition) is 3. The van der Waals surface area contributed by atoms with Crippen molar-refractivity contribution in [1.82, 2.24) is 0 Å². The van der Waals surface area contributed by atoms with Crippen LogP contribution in [0.3, 0.4) is 0 Å². The van der Waals surface area contributed by atoms with Crippen LogP contribution in [-0.2, 0) is 5.41 Å². The van der Waals surface area contributed by atoms with Gasteiger partial charge in [0.05, 0.1) is 12.5 Å². The Hall–Kier alpha value is -1.74. The van der Waals surface area contributed by atoms with E-state index in [9.17, 15) is 0 Å². The van der Waals surface area contributed by atoms with E-state index in [2.05, 4.69) is 12.1 Å². The molecule has 0 unspecified atom stereocenters. The van der Waals surface area contributed by atoms with E-state index in [0.29, 0.717) is 6.54 Å². The summed E-state index contributed by atoms with van der Waals surface area (Å²) >= 11 is 0. The van der Waals surface area contributed by atoms with Gasteiger partial charge in [0.1, 0.15) is 11.2 Å². The molecule has 0 bridgehead atoms. The second-order valence-corrected chi connectivity index (χ2v) is 5.97. The van der Waals surface area contributed by atoms with Crippen molar-refractivity contribution < 1.29 is 8.83 Å². The fourth-order valence-corrected chi connectivity index (χ4v) is 3.85. The van der Waals surface area contributed by atoms with E-state index < -0.39 is 0 Å². The van der Waals surface area contributed by atoms with E-state index in [4.69, 9.17) is 14.6 Å². The van der Waals surface area contributed by atoms with Crippen LogP contribution in [0.4, 0.5) is 0 Å². The molecule has 1 aliphatic carbocycles. The molecule has 0 atom stereocenters. The smallest absolute Gasteiger partial charge is 0.138 e. The van der Waals surface area contributed by atoms with Gasteiger partial charge in [0.25, 0.3) is 0 Å². The normalized spacial score (nSPS) is 18.9. The van der Waals surface area contributed by atoms with E-state index in [1.54, 1.807) is 12.5 Å². The van der Waals surface area contributed by atoms with Crippen LogP contribution in [0.5, 0.6) is 0 Å². The lowest BCUT2D eigenvalue weighted by Crippen LogP contribution is -2.37. The summed E-state index contributed by atoms with van der Waals surface area (Å²) in [6.07, 6.45) is 9.61. The SMILES string of the molecule is NCC1(c2c3ccoc3cc3ccoc23)CCCCC1. The Morgan fingerprint density at radius 2 is 1.85 bits per heavy atom. The second kappa shape index (κ2) is 4.38. The Kier molecular flexibility index (Phi) is 2.64. The molecule has 104 valence electrons. The van der Waals surface area contributed by atoms with Crippen LogP contribution in [0.25, 0.3) is 21.9 Å². The van der Waals surface area contributed by atoms with Gasteiger partial charge in [-0.1, -0.05) is 19.3 Å². The van der Waals surface area contributed by atoms with Crippen LogP contribution in [-0.4, -0.2) is 6.54 Å². The maximum Gasteiger partial charge on any atom is 0.138 e. The lowest BCUT2D eigenvalue weighted by Gasteiger charge is -2.37. The van der Waals surface area contributed by atoms with Crippen molar-refractivity contribution in [3.63, 3.8) is 0 Å². The molecule has 2 N–H and O–H groups in total. The molecule has 0 amide bonds. The van der Waals surface area contributed by atoms with Crippen molar-refractivity contribution in [1.29, 1.82) is 0 Å². The summed E-state index contributed by atoms with van der Waals surface area (Å²) in [5.74, 6) is 0. The summed E-state index contributed by atoms with van der Waals surface area (Å²) in [6, 6.07) is 6.12. The first kappa shape index (κ1) is 12.0. The molecule has 2 aromatic heterocycles. The lowest BCUT2D eigenvalue weighted by atomic mass is 9.68. The predicted molar refractivity (Wildman–Crippen MR) is 79.8 cm³/mol. The van der Waals surface area contributed by atoms with Crippen molar-refractivity contribution in [3.05, 3.63) is 36.3 Å². The van der Waals surface area contributed by atoms with Gasteiger partial charge in [-0.05, 0) is 31.0 Å². The van der Waals surface area contributed by atoms with Gasteiger partial charge >= 0.3 is 0 Å². The third-order valence-corrected chi connectivity index (χ3v) is 4.91. The minimum atomic E-state index is 0.0394. The fourth-order valence-electron chi connectivity index (χ4n) is 3.85. The largest absolute Gasteiger partial charge is 0.464 e. The number of furan rings is 2. The first-order chi connectivity index (χ1) is 9.84. The molecule has 0 saturated heterocycles. The predicted octanol–water partition coefficient (Wildman–Crippen LogP) is 4.34.